The number of carbonyl (C=O) groups is 2. The minimum atomic E-state index is -3.84. The predicted molar refractivity (Wildman–Crippen MR) is 144 cm³/mol. The first-order valence-corrected chi connectivity index (χ1v) is 13.7. The Hall–Kier alpha value is -3.07. The molecule has 0 aliphatic heterocycles. The Labute approximate surface area is 221 Å². The predicted octanol–water partition coefficient (Wildman–Crippen LogP) is 4.15. The van der Waals surface area contributed by atoms with Gasteiger partial charge in [0.15, 0.2) is 0 Å². The van der Waals surface area contributed by atoms with Crippen molar-refractivity contribution in [2.45, 2.75) is 19.0 Å². The quantitative estimate of drug-likeness (QED) is 0.413. The van der Waals surface area contributed by atoms with Gasteiger partial charge in [-0.1, -0.05) is 71.7 Å². The molecule has 0 unspecified atom stereocenters. The van der Waals surface area contributed by atoms with Crippen molar-refractivity contribution in [3.63, 3.8) is 0 Å². The van der Waals surface area contributed by atoms with E-state index in [4.69, 9.17) is 23.2 Å². The fraction of sp³-hybridized carbons (Fsp3) is 0.231. The Morgan fingerprint density at radius 1 is 0.889 bits per heavy atom. The lowest BCUT2D eigenvalue weighted by Gasteiger charge is -2.33. The van der Waals surface area contributed by atoms with Crippen LogP contribution >= 0.6 is 23.2 Å². The number of carbonyl (C=O) groups excluding carboxylic acids is 2. The highest BCUT2D eigenvalue weighted by atomic mass is 35.5. The number of anilines is 1. The van der Waals surface area contributed by atoms with Crippen LogP contribution in [0.2, 0.25) is 10.0 Å². The van der Waals surface area contributed by atoms with Gasteiger partial charge in [0.1, 0.15) is 12.6 Å². The molecule has 0 aliphatic carbocycles. The highest BCUT2D eigenvalue weighted by Gasteiger charge is 2.32. The maximum absolute atomic E-state index is 13.8. The number of hydrogen-bond acceptors (Lipinski definition) is 4. The average Bonchev–Trinajstić information content (AvgIpc) is 2.85. The van der Waals surface area contributed by atoms with Crippen molar-refractivity contribution < 1.29 is 18.0 Å². The lowest BCUT2D eigenvalue weighted by Crippen LogP contribution is -2.52. The maximum Gasteiger partial charge on any atom is 0.244 e. The molecule has 0 spiro atoms. The summed E-state index contributed by atoms with van der Waals surface area (Å²) in [5.41, 5.74) is 1.85. The van der Waals surface area contributed by atoms with E-state index in [1.165, 1.54) is 18.0 Å². The largest absolute Gasteiger partial charge is 0.357 e. The van der Waals surface area contributed by atoms with Crippen molar-refractivity contribution in [2.24, 2.45) is 0 Å². The summed E-state index contributed by atoms with van der Waals surface area (Å²) in [5.74, 6) is -0.908. The molecule has 1 N–H and O–H groups in total. The molecule has 0 fully saturated rings. The third-order valence-electron chi connectivity index (χ3n) is 5.56. The molecule has 190 valence electrons. The van der Waals surface area contributed by atoms with Gasteiger partial charge in [-0.25, -0.2) is 8.42 Å². The van der Waals surface area contributed by atoms with Gasteiger partial charge in [0.05, 0.1) is 11.9 Å². The first-order valence-electron chi connectivity index (χ1n) is 11.1. The summed E-state index contributed by atoms with van der Waals surface area (Å²) < 4.78 is 26.3. The molecule has 3 aromatic carbocycles. The van der Waals surface area contributed by atoms with Gasteiger partial charge in [0.25, 0.3) is 0 Å². The van der Waals surface area contributed by atoms with Crippen LogP contribution in [-0.2, 0) is 32.6 Å². The standard InChI is InChI=1S/C26H27Cl2N3O4S/c1-29-26(33)24(15-19-7-4-3-5-8-19)30(17-20-11-13-21(27)14-12-20)25(32)18-31(36(2,34)35)23-10-6-9-22(28)16-23/h3-14,16,24H,15,17-18H2,1-2H3,(H,29,33)/t24-/m1/s1. The molecule has 7 nitrogen and oxygen atoms in total. The lowest BCUT2D eigenvalue weighted by molar-refractivity contribution is -0.139. The van der Waals surface area contributed by atoms with E-state index >= 15 is 0 Å². The van der Waals surface area contributed by atoms with Crippen LogP contribution in [0.5, 0.6) is 0 Å². The van der Waals surface area contributed by atoms with Gasteiger partial charge in [0, 0.05) is 30.1 Å². The Bertz CT molecular complexity index is 1300. The van der Waals surface area contributed by atoms with Gasteiger partial charge in [0.2, 0.25) is 21.8 Å². The number of nitrogens with one attached hydrogen (secondary N) is 1. The first kappa shape index (κ1) is 27.5. The topological polar surface area (TPSA) is 86.8 Å². The van der Waals surface area contributed by atoms with Crippen LogP contribution in [0.3, 0.4) is 0 Å². The van der Waals surface area contributed by atoms with Crippen molar-refractivity contribution in [3.05, 3.63) is 100 Å². The molecule has 0 saturated carbocycles. The van der Waals surface area contributed by atoms with Crippen molar-refractivity contribution in [3.8, 4) is 0 Å². The Morgan fingerprint density at radius 2 is 1.56 bits per heavy atom. The molecule has 0 heterocycles. The van der Waals surface area contributed by atoms with E-state index in [9.17, 15) is 18.0 Å². The minimum Gasteiger partial charge on any atom is -0.357 e. The number of likely N-dealkylation sites (N-methyl/N-ethyl adjacent to an activating group) is 1. The summed E-state index contributed by atoms with van der Waals surface area (Å²) >= 11 is 12.1. The molecule has 0 aromatic heterocycles. The summed E-state index contributed by atoms with van der Waals surface area (Å²) in [6.07, 6.45) is 1.26. The van der Waals surface area contributed by atoms with Crippen LogP contribution in [0.4, 0.5) is 5.69 Å². The number of benzene rings is 3. The highest BCUT2D eigenvalue weighted by Crippen LogP contribution is 2.23. The summed E-state index contributed by atoms with van der Waals surface area (Å²) in [6.45, 7) is -0.427. The van der Waals surface area contributed by atoms with E-state index in [1.54, 1.807) is 42.5 Å². The molecule has 0 radical (unpaired) electrons. The summed E-state index contributed by atoms with van der Waals surface area (Å²) in [5, 5.41) is 3.50. The van der Waals surface area contributed by atoms with Gasteiger partial charge in [-0.2, -0.15) is 0 Å². The second-order valence-corrected chi connectivity index (χ2v) is 11.0. The Kier molecular flexibility index (Phi) is 9.37. The third-order valence-corrected chi connectivity index (χ3v) is 7.19. The molecule has 3 rings (SSSR count). The van der Waals surface area contributed by atoms with Crippen LogP contribution in [0.15, 0.2) is 78.9 Å². The van der Waals surface area contributed by atoms with Gasteiger partial charge in [-0.15, -0.1) is 0 Å². The van der Waals surface area contributed by atoms with Crippen LogP contribution in [-0.4, -0.2) is 51.0 Å². The molecule has 0 aliphatic rings. The van der Waals surface area contributed by atoms with Crippen LogP contribution in [0.25, 0.3) is 0 Å². The monoisotopic (exact) mass is 547 g/mol. The number of sulfonamides is 1. The lowest BCUT2D eigenvalue weighted by atomic mass is 10.0. The molecule has 0 saturated heterocycles. The van der Waals surface area contributed by atoms with Crippen LogP contribution in [0, 0.1) is 0 Å². The van der Waals surface area contributed by atoms with Crippen LogP contribution in [0.1, 0.15) is 11.1 Å². The van der Waals surface area contributed by atoms with E-state index in [2.05, 4.69) is 5.32 Å². The zero-order chi connectivity index (χ0) is 26.3. The van der Waals surface area contributed by atoms with Gasteiger partial charge < -0.3 is 10.2 Å². The Morgan fingerprint density at radius 3 is 2.14 bits per heavy atom. The SMILES string of the molecule is CNC(=O)[C@@H](Cc1ccccc1)N(Cc1ccc(Cl)cc1)C(=O)CN(c1cccc(Cl)c1)S(C)(=O)=O. The van der Waals surface area contributed by atoms with Gasteiger partial charge in [-0.05, 0) is 41.5 Å². The first-order chi connectivity index (χ1) is 17.1. The Balaban J connectivity index is 2.01. The van der Waals surface area contributed by atoms with Crippen molar-refractivity contribution in [1.29, 1.82) is 0 Å². The van der Waals surface area contributed by atoms with Crippen LogP contribution < -0.4 is 9.62 Å². The fourth-order valence-electron chi connectivity index (χ4n) is 3.75. The van der Waals surface area contributed by atoms with Gasteiger partial charge >= 0.3 is 0 Å². The normalized spacial score (nSPS) is 12.0. The number of amides is 2. The van der Waals surface area contributed by atoms with Gasteiger partial charge in [-0.3, -0.25) is 13.9 Å². The van der Waals surface area contributed by atoms with E-state index < -0.39 is 28.5 Å². The molecular formula is C26H27Cl2N3O4S. The van der Waals surface area contributed by atoms with E-state index in [0.29, 0.717) is 10.0 Å². The minimum absolute atomic E-state index is 0.0775. The second kappa shape index (κ2) is 12.3. The maximum atomic E-state index is 13.8. The summed E-state index contributed by atoms with van der Waals surface area (Å²) in [7, 11) is -2.34. The van der Waals surface area contributed by atoms with E-state index in [-0.39, 0.29) is 24.6 Å². The molecule has 1 atom stereocenters. The molecule has 3 aromatic rings. The van der Waals surface area contributed by atoms with Crippen molar-refractivity contribution in [2.75, 3.05) is 24.2 Å². The molecule has 10 heteroatoms. The third kappa shape index (κ3) is 7.46. The zero-order valence-electron chi connectivity index (χ0n) is 19.9. The molecule has 2 amide bonds. The summed E-state index contributed by atoms with van der Waals surface area (Å²) in [6, 6.07) is 21.6. The average molecular weight is 548 g/mol. The second-order valence-electron chi connectivity index (χ2n) is 8.22. The van der Waals surface area contributed by atoms with E-state index in [0.717, 1.165) is 21.7 Å². The molecular weight excluding hydrogens is 521 g/mol. The highest BCUT2D eigenvalue weighted by molar-refractivity contribution is 7.92. The number of rotatable bonds is 10. The van der Waals surface area contributed by atoms with Crippen molar-refractivity contribution in [1.82, 2.24) is 10.2 Å². The van der Waals surface area contributed by atoms with E-state index in [1.807, 2.05) is 30.3 Å². The summed E-state index contributed by atoms with van der Waals surface area (Å²) in [4.78, 5) is 28.2. The zero-order valence-corrected chi connectivity index (χ0v) is 22.2. The number of hydrogen-bond donors (Lipinski definition) is 1. The number of halogens is 2. The van der Waals surface area contributed by atoms with Crippen molar-refractivity contribution >= 4 is 50.7 Å². The smallest absolute Gasteiger partial charge is 0.244 e. The number of nitrogens with zero attached hydrogens (tertiary/aromatic N) is 2. The fourth-order valence-corrected chi connectivity index (χ4v) is 4.90. The molecule has 0 bridgehead atoms. The molecule has 36 heavy (non-hydrogen) atoms.